The Morgan fingerprint density at radius 2 is 0.646 bits per heavy atom. The Morgan fingerprint density at radius 3 is 1.17 bits per heavy atom. The average molecular weight is 630 g/mol. The van der Waals surface area contributed by atoms with Crippen molar-refractivity contribution in [2.45, 2.75) is 0 Å². The number of hydrogen-bond acceptors (Lipinski definition) is 1. The van der Waals surface area contributed by atoms with Gasteiger partial charge >= 0.3 is 0 Å². The molecule has 0 aromatic heterocycles. The minimum absolute atomic E-state index is 1.13. The topological polar surface area (TPSA) is 3.24 Å². The first kappa shape index (κ1) is 29.4. The van der Waals surface area contributed by atoms with Gasteiger partial charge in [-0.1, -0.05) is 176 Å². The third-order valence-electron chi connectivity index (χ3n) is 9.40. The van der Waals surface area contributed by atoms with E-state index >= 15 is 0 Å². The lowest BCUT2D eigenvalue weighted by Gasteiger charge is -2.34. The maximum atomic E-state index is 2.37. The predicted molar refractivity (Wildman–Crippen MR) is 208 cm³/mol. The Kier molecular flexibility index (Phi) is 8.00. The number of benzene rings is 8. The van der Waals surface area contributed by atoms with Crippen LogP contribution in [-0.4, -0.2) is 8.07 Å². The van der Waals surface area contributed by atoms with Crippen molar-refractivity contribution in [3.63, 3.8) is 0 Å². The van der Waals surface area contributed by atoms with Gasteiger partial charge < -0.3 is 4.90 Å². The number of nitrogens with zero attached hydrogens (tertiary/aromatic N) is 1. The third kappa shape index (κ3) is 5.43. The maximum absolute atomic E-state index is 2.55. The van der Waals surface area contributed by atoms with E-state index in [4.69, 9.17) is 0 Å². The van der Waals surface area contributed by atoms with Crippen molar-refractivity contribution in [1.82, 2.24) is 0 Å². The molecule has 0 radical (unpaired) electrons. The van der Waals surface area contributed by atoms with Crippen molar-refractivity contribution in [3.05, 3.63) is 212 Å². The van der Waals surface area contributed by atoms with Crippen LogP contribution in [0.5, 0.6) is 0 Å². The van der Waals surface area contributed by atoms with Crippen LogP contribution >= 0.6 is 0 Å². The van der Waals surface area contributed by atoms with E-state index in [2.05, 4.69) is 217 Å². The number of anilines is 3. The lowest BCUT2D eigenvalue weighted by molar-refractivity contribution is 1.29. The van der Waals surface area contributed by atoms with Crippen LogP contribution in [0.3, 0.4) is 0 Å². The van der Waals surface area contributed by atoms with E-state index in [-0.39, 0.29) is 0 Å². The van der Waals surface area contributed by atoms with Crippen molar-refractivity contribution in [2.24, 2.45) is 0 Å². The van der Waals surface area contributed by atoms with Crippen LogP contribution in [0.25, 0.3) is 21.9 Å². The first-order valence-electron chi connectivity index (χ1n) is 16.5. The summed E-state index contributed by atoms with van der Waals surface area (Å²) >= 11 is 0. The monoisotopic (exact) mass is 629 g/mol. The predicted octanol–water partition coefficient (Wildman–Crippen LogP) is 9.35. The molecule has 0 aliphatic carbocycles. The molecule has 0 bridgehead atoms. The highest BCUT2D eigenvalue weighted by atomic mass is 28.3. The summed E-state index contributed by atoms with van der Waals surface area (Å²) < 4.78 is 0. The fourth-order valence-corrected chi connectivity index (χ4v) is 11.9. The van der Waals surface area contributed by atoms with Gasteiger partial charge in [0.2, 0.25) is 0 Å². The van der Waals surface area contributed by atoms with Crippen LogP contribution in [0.1, 0.15) is 0 Å². The van der Waals surface area contributed by atoms with Crippen LogP contribution in [0.4, 0.5) is 17.1 Å². The molecule has 8 aromatic rings. The number of para-hydroxylation sites is 1. The van der Waals surface area contributed by atoms with Gasteiger partial charge in [-0.25, -0.2) is 0 Å². The highest BCUT2D eigenvalue weighted by Gasteiger charge is 2.41. The standard InChI is InChI=1S/C46H35NSi/c1-5-17-40(18-6-1)47(42-32-27-36-15-13-14-16-39(36)35-42)41-30-25-37(26-31-41)38-28-33-46(34-29-38)48(43-19-7-2-8-20-43,44-21-9-3-10-22-44)45-23-11-4-12-24-45/h1-35H. The van der Waals surface area contributed by atoms with Crippen LogP contribution in [0.15, 0.2) is 212 Å². The van der Waals surface area contributed by atoms with E-state index in [0.717, 1.165) is 17.1 Å². The van der Waals surface area contributed by atoms with Crippen molar-refractivity contribution in [1.29, 1.82) is 0 Å². The summed E-state index contributed by atoms with van der Waals surface area (Å²) in [6.07, 6.45) is 0. The molecule has 1 nitrogen and oxygen atoms in total. The van der Waals surface area contributed by atoms with E-state index in [0.29, 0.717) is 0 Å². The van der Waals surface area contributed by atoms with Gasteiger partial charge in [0, 0.05) is 17.1 Å². The molecule has 0 saturated carbocycles. The van der Waals surface area contributed by atoms with E-state index in [1.807, 2.05) is 0 Å². The highest BCUT2D eigenvalue weighted by molar-refractivity contribution is 7.19. The second kappa shape index (κ2) is 13.0. The lowest BCUT2D eigenvalue weighted by atomic mass is 10.0. The molecule has 0 atom stereocenters. The van der Waals surface area contributed by atoms with Crippen molar-refractivity contribution >= 4 is 56.7 Å². The van der Waals surface area contributed by atoms with Crippen LogP contribution < -0.4 is 25.6 Å². The van der Waals surface area contributed by atoms with Gasteiger partial charge in [0.25, 0.3) is 0 Å². The van der Waals surface area contributed by atoms with E-state index in [1.54, 1.807) is 0 Å². The van der Waals surface area contributed by atoms with Gasteiger partial charge in [-0.2, -0.15) is 0 Å². The Labute approximate surface area is 284 Å². The summed E-state index contributed by atoms with van der Waals surface area (Å²) in [6.45, 7) is 0. The Morgan fingerprint density at radius 1 is 0.271 bits per heavy atom. The molecular weight excluding hydrogens is 595 g/mol. The summed E-state index contributed by atoms with van der Waals surface area (Å²) in [4.78, 5) is 2.33. The molecule has 8 aromatic carbocycles. The average Bonchev–Trinajstić information content (AvgIpc) is 3.18. The number of hydrogen-bond donors (Lipinski definition) is 0. The van der Waals surface area contributed by atoms with Crippen molar-refractivity contribution in [3.8, 4) is 11.1 Å². The van der Waals surface area contributed by atoms with Crippen LogP contribution in [0.2, 0.25) is 0 Å². The minimum atomic E-state index is -2.55. The maximum Gasteiger partial charge on any atom is 0.179 e. The second-order valence-corrected chi connectivity index (χ2v) is 16.0. The van der Waals surface area contributed by atoms with E-state index in [1.165, 1.54) is 42.6 Å². The van der Waals surface area contributed by atoms with Crippen LogP contribution in [0, 0.1) is 0 Å². The molecule has 0 fully saturated rings. The van der Waals surface area contributed by atoms with Crippen LogP contribution in [-0.2, 0) is 0 Å². The molecule has 0 amide bonds. The lowest BCUT2D eigenvalue weighted by Crippen LogP contribution is -2.74. The first-order chi connectivity index (χ1) is 23.8. The summed E-state index contributed by atoms with van der Waals surface area (Å²) in [6, 6.07) is 77.4. The molecule has 0 N–H and O–H groups in total. The summed E-state index contributed by atoms with van der Waals surface area (Å²) in [5, 5.41) is 8.00. The number of rotatable bonds is 8. The molecule has 0 saturated heterocycles. The Hall–Kier alpha value is -5.96. The molecule has 0 aliphatic heterocycles. The summed E-state index contributed by atoms with van der Waals surface area (Å²) in [5.74, 6) is 0. The molecule has 0 unspecified atom stereocenters. The van der Waals surface area contributed by atoms with Gasteiger partial charge in [0.05, 0.1) is 0 Å². The SMILES string of the molecule is c1ccc(N(c2ccc(-c3ccc([Si](c4ccccc4)(c4ccccc4)c4ccccc4)cc3)cc2)c2ccc3ccccc3c2)cc1. The van der Waals surface area contributed by atoms with E-state index < -0.39 is 8.07 Å². The Balaban J connectivity index is 1.19. The fourth-order valence-electron chi connectivity index (χ4n) is 7.12. The quantitative estimate of drug-likeness (QED) is 0.120. The van der Waals surface area contributed by atoms with Gasteiger partial charge in [-0.3, -0.25) is 0 Å². The number of fused-ring (bicyclic) bond motifs is 1. The molecule has 8 rings (SSSR count). The van der Waals surface area contributed by atoms with Gasteiger partial charge in [-0.15, -0.1) is 0 Å². The van der Waals surface area contributed by atoms with Crippen molar-refractivity contribution < 1.29 is 0 Å². The largest absolute Gasteiger partial charge is 0.310 e. The van der Waals surface area contributed by atoms with Crippen molar-refractivity contribution in [2.75, 3.05) is 4.90 Å². The summed E-state index contributed by atoms with van der Waals surface area (Å²) in [5.41, 5.74) is 5.80. The molecule has 228 valence electrons. The molecule has 2 heteroatoms. The minimum Gasteiger partial charge on any atom is -0.310 e. The fraction of sp³-hybridized carbons (Fsp3) is 0. The smallest absolute Gasteiger partial charge is 0.179 e. The summed E-state index contributed by atoms with van der Waals surface area (Å²) in [7, 11) is -2.55. The zero-order valence-electron chi connectivity index (χ0n) is 26.7. The van der Waals surface area contributed by atoms with Gasteiger partial charge in [0.1, 0.15) is 0 Å². The first-order valence-corrected chi connectivity index (χ1v) is 18.5. The molecule has 0 heterocycles. The van der Waals surface area contributed by atoms with Gasteiger partial charge in [0.15, 0.2) is 8.07 Å². The molecule has 0 aliphatic rings. The molecule has 0 spiro atoms. The zero-order chi connectivity index (χ0) is 32.2. The van der Waals surface area contributed by atoms with E-state index in [9.17, 15) is 0 Å². The Bertz CT molecular complexity index is 2150. The molecular formula is C46H35NSi. The third-order valence-corrected chi connectivity index (χ3v) is 14.2. The normalized spacial score (nSPS) is 11.3. The highest BCUT2D eigenvalue weighted by Crippen LogP contribution is 2.36. The van der Waals surface area contributed by atoms with Gasteiger partial charge in [-0.05, 0) is 79.0 Å². The molecule has 48 heavy (non-hydrogen) atoms. The zero-order valence-corrected chi connectivity index (χ0v) is 27.7. The second-order valence-electron chi connectivity index (χ2n) is 12.2.